The molecule has 0 aromatic heterocycles. The summed E-state index contributed by atoms with van der Waals surface area (Å²) in [5, 5.41) is 11.7. The first-order valence-electron chi connectivity index (χ1n) is 6.15. The van der Waals surface area contributed by atoms with Gasteiger partial charge in [-0.05, 0) is 23.3 Å². The van der Waals surface area contributed by atoms with Crippen molar-refractivity contribution in [2.75, 3.05) is 0 Å². The zero-order valence-corrected chi connectivity index (χ0v) is 10.8. The van der Waals surface area contributed by atoms with Crippen LogP contribution in [0.5, 0.6) is 5.75 Å². The molecule has 4 N–H and O–H groups in total. The minimum Gasteiger partial charge on any atom is -0.508 e. The molecule has 0 saturated heterocycles. The van der Waals surface area contributed by atoms with Gasteiger partial charge < -0.3 is 16.2 Å². The molecule has 0 atom stereocenters. The minimum atomic E-state index is -0.752. The maximum Gasteiger partial charge on any atom is 0.254 e. The smallest absolute Gasteiger partial charge is 0.254 e. The quantitative estimate of drug-likeness (QED) is 0.797. The number of rotatable bonds is 4. The lowest BCUT2D eigenvalue weighted by molar-refractivity contribution is 0.0947. The molecule has 0 bridgehead atoms. The zero-order valence-electron chi connectivity index (χ0n) is 10.8. The third-order valence-corrected chi connectivity index (χ3v) is 2.88. The number of nitrogens with two attached hydrogens (primary N) is 1. The van der Waals surface area contributed by atoms with Crippen molar-refractivity contribution in [2.45, 2.75) is 13.1 Å². The molecule has 0 unspecified atom stereocenters. The first-order valence-corrected chi connectivity index (χ1v) is 6.15. The summed E-state index contributed by atoms with van der Waals surface area (Å²) in [7, 11) is 0. The zero-order chi connectivity index (χ0) is 14.5. The van der Waals surface area contributed by atoms with Crippen LogP contribution < -0.4 is 11.1 Å². The Bertz CT molecular complexity index is 629. The molecule has 5 heteroatoms. The maximum absolute atomic E-state index is 13.5. The highest BCUT2D eigenvalue weighted by molar-refractivity contribution is 5.94. The van der Waals surface area contributed by atoms with Crippen LogP contribution in [-0.4, -0.2) is 11.0 Å². The Kier molecular flexibility index (Phi) is 4.32. The van der Waals surface area contributed by atoms with E-state index >= 15 is 0 Å². The molecule has 0 aliphatic carbocycles. The maximum atomic E-state index is 13.5. The molecule has 2 rings (SSSR count). The van der Waals surface area contributed by atoms with Crippen LogP contribution in [0.2, 0.25) is 0 Å². The normalized spacial score (nSPS) is 10.3. The highest BCUT2D eigenvalue weighted by Gasteiger charge is 2.11. The molecule has 104 valence electrons. The van der Waals surface area contributed by atoms with E-state index in [0.717, 1.165) is 17.2 Å². The van der Waals surface area contributed by atoms with Gasteiger partial charge in [0, 0.05) is 19.2 Å². The largest absolute Gasteiger partial charge is 0.508 e. The van der Waals surface area contributed by atoms with Gasteiger partial charge in [-0.2, -0.15) is 0 Å². The molecule has 20 heavy (non-hydrogen) atoms. The summed E-state index contributed by atoms with van der Waals surface area (Å²) in [6.07, 6.45) is 0. The van der Waals surface area contributed by atoms with E-state index in [4.69, 9.17) is 10.8 Å². The number of phenols is 1. The number of phenolic OH excluding ortho intramolecular Hbond substituents is 1. The van der Waals surface area contributed by atoms with E-state index in [-0.39, 0.29) is 17.9 Å². The van der Waals surface area contributed by atoms with E-state index in [1.165, 1.54) is 12.1 Å². The van der Waals surface area contributed by atoms with Crippen LogP contribution >= 0.6 is 0 Å². The van der Waals surface area contributed by atoms with E-state index in [2.05, 4.69) is 5.32 Å². The lowest BCUT2D eigenvalue weighted by Crippen LogP contribution is -2.23. The standard InChI is InChI=1S/C15H15FN2O2/c16-14-7-12(19)4-5-13(14)15(20)18-9-11-3-1-2-10(6-11)8-17/h1-7,19H,8-9,17H2,(H,18,20). The molecular formula is C15H15FN2O2. The first kappa shape index (κ1) is 14.0. The van der Waals surface area contributed by atoms with Crippen molar-refractivity contribution in [1.82, 2.24) is 5.32 Å². The second kappa shape index (κ2) is 6.16. The van der Waals surface area contributed by atoms with E-state index in [1.54, 1.807) is 0 Å². The van der Waals surface area contributed by atoms with Gasteiger partial charge in [-0.3, -0.25) is 4.79 Å². The topological polar surface area (TPSA) is 75.3 Å². The molecule has 0 spiro atoms. The molecule has 0 aliphatic rings. The van der Waals surface area contributed by atoms with Crippen LogP contribution in [0.15, 0.2) is 42.5 Å². The Morgan fingerprint density at radius 1 is 1.20 bits per heavy atom. The summed E-state index contributed by atoms with van der Waals surface area (Å²) in [5.74, 6) is -1.49. The van der Waals surface area contributed by atoms with Crippen LogP contribution in [0.25, 0.3) is 0 Å². The Labute approximate surface area is 116 Å². The fraction of sp³-hybridized carbons (Fsp3) is 0.133. The van der Waals surface area contributed by atoms with E-state index in [9.17, 15) is 9.18 Å². The van der Waals surface area contributed by atoms with Crippen LogP contribution in [0.3, 0.4) is 0 Å². The van der Waals surface area contributed by atoms with Crippen molar-refractivity contribution >= 4 is 5.91 Å². The SMILES string of the molecule is NCc1cccc(CNC(=O)c2ccc(O)cc2F)c1. The minimum absolute atomic E-state index is 0.0993. The monoisotopic (exact) mass is 274 g/mol. The molecule has 0 radical (unpaired) electrons. The predicted octanol–water partition coefficient (Wildman–Crippen LogP) is 1.92. The van der Waals surface area contributed by atoms with E-state index in [1.807, 2.05) is 24.3 Å². The van der Waals surface area contributed by atoms with Gasteiger partial charge in [0.15, 0.2) is 0 Å². The number of amides is 1. The van der Waals surface area contributed by atoms with Crippen LogP contribution in [-0.2, 0) is 13.1 Å². The summed E-state index contributed by atoms with van der Waals surface area (Å²) >= 11 is 0. The third-order valence-electron chi connectivity index (χ3n) is 2.88. The van der Waals surface area contributed by atoms with E-state index < -0.39 is 11.7 Å². The Hall–Kier alpha value is -2.40. The Morgan fingerprint density at radius 3 is 2.65 bits per heavy atom. The fourth-order valence-corrected chi connectivity index (χ4v) is 1.83. The second-order valence-corrected chi connectivity index (χ2v) is 4.37. The van der Waals surface area contributed by atoms with Crippen LogP contribution in [0.4, 0.5) is 4.39 Å². The number of hydrogen-bond acceptors (Lipinski definition) is 3. The lowest BCUT2D eigenvalue weighted by Gasteiger charge is -2.07. The van der Waals surface area contributed by atoms with Gasteiger partial charge in [-0.1, -0.05) is 24.3 Å². The van der Waals surface area contributed by atoms with E-state index in [0.29, 0.717) is 6.54 Å². The fourth-order valence-electron chi connectivity index (χ4n) is 1.83. The molecule has 0 aliphatic heterocycles. The molecule has 2 aromatic carbocycles. The molecular weight excluding hydrogens is 259 g/mol. The van der Waals surface area contributed by atoms with Gasteiger partial charge in [-0.25, -0.2) is 4.39 Å². The summed E-state index contributed by atoms with van der Waals surface area (Å²) in [5.41, 5.74) is 7.29. The van der Waals surface area contributed by atoms with Gasteiger partial charge in [-0.15, -0.1) is 0 Å². The number of benzene rings is 2. The van der Waals surface area contributed by atoms with Gasteiger partial charge in [0.25, 0.3) is 5.91 Å². The first-order chi connectivity index (χ1) is 9.60. The Balaban J connectivity index is 2.04. The summed E-state index contributed by atoms with van der Waals surface area (Å²) < 4.78 is 13.5. The number of carbonyl (C=O) groups excluding carboxylic acids is 1. The molecule has 0 saturated carbocycles. The van der Waals surface area contributed by atoms with Gasteiger partial charge in [0.1, 0.15) is 11.6 Å². The number of hydrogen-bond donors (Lipinski definition) is 3. The van der Waals surface area contributed by atoms with Gasteiger partial charge in [0.05, 0.1) is 5.56 Å². The predicted molar refractivity (Wildman–Crippen MR) is 73.6 cm³/mol. The van der Waals surface area contributed by atoms with Crippen molar-refractivity contribution in [2.24, 2.45) is 5.73 Å². The highest BCUT2D eigenvalue weighted by atomic mass is 19.1. The van der Waals surface area contributed by atoms with Gasteiger partial charge >= 0.3 is 0 Å². The van der Waals surface area contributed by atoms with Gasteiger partial charge in [0.2, 0.25) is 0 Å². The van der Waals surface area contributed by atoms with Crippen LogP contribution in [0, 0.1) is 5.82 Å². The lowest BCUT2D eigenvalue weighted by atomic mass is 10.1. The molecule has 4 nitrogen and oxygen atoms in total. The Morgan fingerprint density at radius 2 is 1.95 bits per heavy atom. The molecule has 0 heterocycles. The number of nitrogens with one attached hydrogen (secondary N) is 1. The third kappa shape index (κ3) is 3.33. The number of carbonyl (C=O) groups is 1. The van der Waals surface area contributed by atoms with Crippen molar-refractivity contribution in [3.63, 3.8) is 0 Å². The highest BCUT2D eigenvalue weighted by Crippen LogP contribution is 2.15. The summed E-state index contributed by atoms with van der Waals surface area (Å²) in [6, 6.07) is 10.9. The molecule has 0 fully saturated rings. The van der Waals surface area contributed by atoms with Crippen molar-refractivity contribution < 1.29 is 14.3 Å². The van der Waals surface area contributed by atoms with Crippen molar-refractivity contribution in [3.8, 4) is 5.75 Å². The second-order valence-electron chi connectivity index (χ2n) is 4.37. The number of halogens is 1. The molecule has 1 amide bonds. The summed E-state index contributed by atoms with van der Waals surface area (Å²) in [6.45, 7) is 0.710. The van der Waals surface area contributed by atoms with Crippen LogP contribution in [0.1, 0.15) is 21.5 Å². The van der Waals surface area contributed by atoms with Crippen molar-refractivity contribution in [1.29, 1.82) is 0 Å². The average Bonchev–Trinajstić information content (AvgIpc) is 2.45. The average molecular weight is 274 g/mol. The van der Waals surface area contributed by atoms with Crippen molar-refractivity contribution in [3.05, 3.63) is 65.0 Å². The number of aromatic hydroxyl groups is 1. The molecule has 2 aromatic rings. The summed E-state index contributed by atoms with van der Waals surface area (Å²) in [4.78, 5) is 11.8.